The molecule has 0 bridgehead atoms. The Morgan fingerprint density at radius 1 is 1.11 bits per heavy atom. The van der Waals surface area contributed by atoms with Gasteiger partial charge in [-0.15, -0.1) is 0 Å². The number of anilines is 1. The number of rotatable bonds is 9. The standard InChI is InChI=1S/C22H21BrN4O7S/c1-4-32-20(30)18-15(10-17(29)27(26-18)14-8-6-7-13(23)9-14)34-11-16(28)25-22-24-12(3)19(35-22)21(31)33-5-2/h6-10H,4-5,11H2,1-3H3,(H,24,25,28). The molecule has 0 saturated carbocycles. The minimum Gasteiger partial charge on any atom is -0.481 e. The Morgan fingerprint density at radius 2 is 1.83 bits per heavy atom. The number of hydrogen-bond donors (Lipinski definition) is 1. The minimum atomic E-state index is -0.818. The molecule has 0 aliphatic carbocycles. The molecule has 1 N–H and O–H groups in total. The number of halogens is 1. The normalized spacial score (nSPS) is 10.5. The highest BCUT2D eigenvalue weighted by molar-refractivity contribution is 9.10. The van der Waals surface area contributed by atoms with Gasteiger partial charge in [-0.05, 0) is 39.0 Å². The number of carbonyl (C=O) groups is 3. The van der Waals surface area contributed by atoms with E-state index in [0.717, 1.165) is 22.1 Å². The lowest BCUT2D eigenvalue weighted by Crippen LogP contribution is -2.27. The number of hydrogen-bond acceptors (Lipinski definition) is 10. The predicted octanol–water partition coefficient (Wildman–Crippen LogP) is 3.13. The van der Waals surface area contributed by atoms with Crippen LogP contribution in [0.25, 0.3) is 5.69 Å². The van der Waals surface area contributed by atoms with Gasteiger partial charge in [0, 0.05) is 4.47 Å². The van der Waals surface area contributed by atoms with E-state index in [4.69, 9.17) is 14.2 Å². The largest absolute Gasteiger partial charge is 0.481 e. The number of thiazole rings is 1. The fraction of sp³-hybridized carbons (Fsp3) is 0.273. The summed E-state index contributed by atoms with van der Waals surface area (Å²) >= 11 is 4.28. The Bertz CT molecular complexity index is 1320. The summed E-state index contributed by atoms with van der Waals surface area (Å²) in [6, 6.07) is 7.83. The molecule has 2 aromatic heterocycles. The van der Waals surface area contributed by atoms with Crippen molar-refractivity contribution in [2.24, 2.45) is 0 Å². The van der Waals surface area contributed by atoms with Crippen molar-refractivity contribution in [3.05, 3.63) is 61.4 Å². The lowest BCUT2D eigenvalue weighted by atomic mass is 10.3. The third-order valence-electron chi connectivity index (χ3n) is 4.28. The quantitative estimate of drug-likeness (QED) is 0.388. The zero-order valence-corrected chi connectivity index (χ0v) is 21.4. The molecular formula is C22H21BrN4O7S. The lowest BCUT2D eigenvalue weighted by Gasteiger charge is -2.12. The third-order valence-corrected chi connectivity index (χ3v) is 5.83. The Kier molecular flexibility index (Phi) is 8.71. The van der Waals surface area contributed by atoms with Crippen LogP contribution in [0.15, 0.2) is 39.6 Å². The topological polar surface area (TPSA) is 139 Å². The highest BCUT2D eigenvalue weighted by atomic mass is 79.9. The molecule has 1 aromatic carbocycles. The van der Waals surface area contributed by atoms with Crippen molar-refractivity contribution in [2.45, 2.75) is 20.8 Å². The van der Waals surface area contributed by atoms with Gasteiger partial charge in [-0.2, -0.15) is 9.78 Å². The first-order valence-corrected chi connectivity index (χ1v) is 12.0. The van der Waals surface area contributed by atoms with Gasteiger partial charge in [0.25, 0.3) is 11.5 Å². The number of aryl methyl sites for hydroxylation is 1. The predicted molar refractivity (Wildman–Crippen MR) is 130 cm³/mol. The monoisotopic (exact) mass is 564 g/mol. The number of ether oxygens (including phenoxy) is 3. The molecule has 11 nitrogen and oxygen atoms in total. The number of nitrogens with zero attached hydrogens (tertiary/aromatic N) is 3. The second-order valence-corrected chi connectivity index (χ2v) is 8.71. The molecule has 0 radical (unpaired) electrons. The smallest absolute Gasteiger partial charge is 0.362 e. The van der Waals surface area contributed by atoms with E-state index in [-0.39, 0.29) is 34.7 Å². The SMILES string of the molecule is CCOC(=O)c1nn(-c2cccc(Br)c2)c(=O)cc1OCC(=O)Nc1nc(C)c(C(=O)OCC)s1. The fourth-order valence-electron chi connectivity index (χ4n) is 2.82. The van der Waals surface area contributed by atoms with E-state index in [1.807, 2.05) is 0 Å². The van der Waals surface area contributed by atoms with Gasteiger partial charge in [0.1, 0.15) is 4.88 Å². The highest BCUT2D eigenvalue weighted by Gasteiger charge is 2.22. The van der Waals surface area contributed by atoms with Crippen molar-refractivity contribution in [3.8, 4) is 11.4 Å². The Labute approximate surface area is 212 Å². The van der Waals surface area contributed by atoms with Gasteiger partial charge >= 0.3 is 11.9 Å². The van der Waals surface area contributed by atoms with Gasteiger partial charge in [0.15, 0.2) is 17.5 Å². The van der Waals surface area contributed by atoms with Crippen molar-refractivity contribution >= 4 is 50.2 Å². The van der Waals surface area contributed by atoms with Crippen molar-refractivity contribution in [3.63, 3.8) is 0 Å². The van der Waals surface area contributed by atoms with Crippen molar-refractivity contribution < 1.29 is 28.6 Å². The van der Waals surface area contributed by atoms with Crippen LogP contribution in [0.2, 0.25) is 0 Å². The molecule has 1 amide bonds. The van der Waals surface area contributed by atoms with E-state index in [1.54, 1.807) is 45.0 Å². The molecule has 2 heterocycles. The number of carbonyl (C=O) groups excluding carboxylic acids is 3. The summed E-state index contributed by atoms with van der Waals surface area (Å²) < 4.78 is 17.2. The maximum Gasteiger partial charge on any atom is 0.362 e. The van der Waals surface area contributed by atoms with Crippen molar-refractivity contribution in [2.75, 3.05) is 25.1 Å². The minimum absolute atomic E-state index is 0.0721. The Morgan fingerprint density at radius 3 is 2.51 bits per heavy atom. The van der Waals surface area contributed by atoms with Crippen LogP contribution in [0.1, 0.15) is 39.7 Å². The summed E-state index contributed by atoms with van der Waals surface area (Å²) in [6.07, 6.45) is 0. The second kappa shape index (κ2) is 11.7. The average Bonchev–Trinajstić information content (AvgIpc) is 3.17. The summed E-state index contributed by atoms with van der Waals surface area (Å²) in [4.78, 5) is 53.9. The van der Waals surface area contributed by atoms with E-state index in [2.05, 4.69) is 31.3 Å². The first kappa shape index (κ1) is 26.0. The molecule has 0 fully saturated rings. The molecule has 0 aliphatic heterocycles. The molecule has 13 heteroatoms. The highest BCUT2D eigenvalue weighted by Crippen LogP contribution is 2.24. The number of esters is 2. The number of amides is 1. The zero-order valence-electron chi connectivity index (χ0n) is 19.0. The summed E-state index contributed by atoms with van der Waals surface area (Å²) in [5.41, 5.74) is -0.0273. The Balaban J connectivity index is 1.80. The first-order valence-electron chi connectivity index (χ1n) is 10.4. The molecule has 0 unspecified atom stereocenters. The molecule has 0 atom stereocenters. The van der Waals surface area contributed by atoms with Crippen LogP contribution in [-0.4, -0.2) is 52.4 Å². The van der Waals surface area contributed by atoms with Gasteiger partial charge in [0.2, 0.25) is 5.69 Å². The summed E-state index contributed by atoms with van der Waals surface area (Å²) in [5.74, 6) is -2.19. The number of nitrogens with one attached hydrogen (secondary N) is 1. The van der Waals surface area contributed by atoms with Crippen LogP contribution < -0.4 is 15.6 Å². The maximum atomic E-state index is 12.7. The van der Waals surface area contributed by atoms with Crippen molar-refractivity contribution in [1.82, 2.24) is 14.8 Å². The number of benzene rings is 1. The first-order chi connectivity index (χ1) is 16.7. The van der Waals surface area contributed by atoms with Crippen LogP contribution in [0, 0.1) is 6.92 Å². The van der Waals surface area contributed by atoms with Crippen LogP contribution in [0.4, 0.5) is 5.13 Å². The van der Waals surface area contributed by atoms with E-state index >= 15 is 0 Å². The van der Waals surface area contributed by atoms with Crippen LogP contribution in [0.3, 0.4) is 0 Å². The molecule has 184 valence electrons. The third kappa shape index (κ3) is 6.51. The average molecular weight is 565 g/mol. The summed E-state index contributed by atoms with van der Waals surface area (Å²) in [7, 11) is 0. The van der Waals surface area contributed by atoms with Crippen molar-refractivity contribution in [1.29, 1.82) is 0 Å². The lowest BCUT2D eigenvalue weighted by molar-refractivity contribution is -0.118. The van der Waals surface area contributed by atoms with E-state index in [0.29, 0.717) is 15.9 Å². The van der Waals surface area contributed by atoms with Gasteiger partial charge in [-0.25, -0.2) is 14.6 Å². The molecule has 35 heavy (non-hydrogen) atoms. The second-order valence-electron chi connectivity index (χ2n) is 6.80. The molecule has 3 rings (SSSR count). The van der Waals surface area contributed by atoms with Gasteiger partial charge in [0.05, 0.1) is 30.7 Å². The molecule has 0 saturated heterocycles. The zero-order chi connectivity index (χ0) is 25.5. The van der Waals surface area contributed by atoms with Crippen LogP contribution >= 0.6 is 27.3 Å². The van der Waals surface area contributed by atoms with Crippen LogP contribution in [-0.2, 0) is 14.3 Å². The summed E-state index contributed by atoms with van der Waals surface area (Å²) in [6.45, 7) is 4.65. The molecular weight excluding hydrogens is 544 g/mol. The fourth-order valence-corrected chi connectivity index (χ4v) is 4.08. The van der Waals surface area contributed by atoms with E-state index in [1.165, 1.54) is 0 Å². The molecule has 0 aliphatic rings. The number of aromatic nitrogens is 3. The van der Waals surface area contributed by atoms with Gasteiger partial charge < -0.3 is 14.2 Å². The van der Waals surface area contributed by atoms with Gasteiger partial charge in [-0.3, -0.25) is 14.9 Å². The molecule has 3 aromatic rings. The van der Waals surface area contributed by atoms with Gasteiger partial charge in [-0.1, -0.05) is 33.3 Å². The molecule has 0 spiro atoms. The maximum absolute atomic E-state index is 12.7. The van der Waals surface area contributed by atoms with Crippen LogP contribution in [0.5, 0.6) is 5.75 Å². The Hall–Kier alpha value is -3.58. The van der Waals surface area contributed by atoms with E-state index in [9.17, 15) is 19.2 Å². The van der Waals surface area contributed by atoms with E-state index < -0.39 is 30.0 Å². The summed E-state index contributed by atoms with van der Waals surface area (Å²) in [5, 5.41) is 6.79.